The first kappa shape index (κ1) is 18.5. The highest BCUT2D eigenvalue weighted by atomic mass is 16.6. The summed E-state index contributed by atoms with van der Waals surface area (Å²) in [5.41, 5.74) is 7.11. The third-order valence-corrected chi connectivity index (χ3v) is 4.42. The average molecular weight is 392 g/mol. The number of rotatable bonds is 5. The van der Waals surface area contributed by atoms with Crippen molar-refractivity contribution in [1.82, 2.24) is 20.6 Å². The molecule has 3 aromatic rings. The van der Waals surface area contributed by atoms with Crippen LogP contribution in [0.15, 0.2) is 60.9 Å². The number of carbonyl (C=O) groups is 2. The van der Waals surface area contributed by atoms with Crippen molar-refractivity contribution >= 4 is 11.8 Å². The number of fused-ring (bicyclic) bond motifs is 1. The highest BCUT2D eigenvalue weighted by Crippen LogP contribution is 2.30. The standard InChI is InChI=1S/C21H20N4O4/c26-20(9-6-15-13-22-25(14-15)17-4-2-1-3-5-17)23-24-21(27)16-7-8-18-19(12-16)29-11-10-28-18/h1-5,7-8,12-14H,6,9-11H2,(H,23,26)(H,24,27). The fourth-order valence-electron chi connectivity index (χ4n) is 2.91. The van der Waals surface area contributed by atoms with Crippen LogP contribution < -0.4 is 20.3 Å². The minimum Gasteiger partial charge on any atom is -0.486 e. The summed E-state index contributed by atoms with van der Waals surface area (Å²) < 4.78 is 12.6. The van der Waals surface area contributed by atoms with Crippen molar-refractivity contribution in [2.75, 3.05) is 13.2 Å². The van der Waals surface area contributed by atoms with Gasteiger partial charge in [0.1, 0.15) is 13.2 Å². The van der Waals surface area contributed by atoms with E-state index < -0.39 is 5.91 Å². The number of para-hydroxylation sites is 1. The first-order valence-electron chi connectivity index (χ1n) is 9.27. The summed E-state index contributed by atoms with van der Waals surface area (Å²) in [6.07, 6.45) is 4.35. The maximum absolute atomic E-state index is 12.2. The Bertz CT molecular complexity index is 1020. The lowest BCUT2D eigenvalue weighted by Gasteiger charge is -2.18. The number of hydrazine groups is 1. The quantitative estimate of drug-likeness (QED) is 0.648. The van der Waals surface area contributed by atoms with Gasteiger partial charge in [0.15, 0.2) is 11.5 Å². The van der Waals surface area contributed by atoms with Crippen molar-refractivity contribution in [3.8, 4) is 17.2 Å². The number of carbonyl (C=O) groups excluding carboxylic acids is 2. The van der Waals surface area contributed by atoms with Crippen LogP contribution in [0.4, 0.5) is 0 Å². The number of hydrogen-bond donors (Lipinski definition) is 2. The number of aromatic nitrogens is 2. The zero-order valence-electron chi connectivity index (χ0n) is 15.6. The van der Waals surface area contributed by atoms with Crippen molar-refractivity contribution in [3.05, 3.63) is 72.1 Å². The molecule has 1 aliphatic heterocycles. The Morgan fingerprint density at radius 1 is 1.00 bits per heavy atom. The largest absolute Gasteiger partial charge is 0.486 e. The molecule has 2 heterocycles. The minimum absolute atomic E-state index is 0.224. The first-order valence-corrected chi connectivity index (χ1v) is 9.27. The molecule has 4 rings (SSSR count). The fraction of sp³-hybridized carbons (Fsp3) is 0.190. The van der Waals surface area contributed by atoms with Crippen LogP contribution in [0.1, 0.15) is 22.3 Å². The topological polar surface area (TPSA) is 94.5 Å². The van der Waals surface area contributed by atoms with Crippen LogP contribution >= 0.6 is 0 Å². The Balaban J connectivity index is 1.26. The molecule has 0 bridgehead atoms. The lowest BCUT2D eigenvalue weighted by Crippen LogP contribution is -2.41. The van der Waals surface area contributed by atoms with Crippen LogP contribution in [-0.4, -0.2) is 34.8 Å². The lowest BCUT2D eigenvalue weighted by atomic mass is 10.2. The second-order valence-electron chi connectivity index (χ2n) is 6.49. The zero-order valence-corrected chi connectivity index (χ0v) is 15.6. The number of aryl methyl sites for hydroxylation is 1. The fourth-order valence-corrected chi connectivity index (χ4v) is 2.91. The second-order valence-corrected chi connectivity index (χ2v) is 6.49. The molecule has 0 saturated heterocycles. The highest BCUT2D eigenvalue weighted by molar-refractivity contribution is 5.96. The molecule has 0 fully saturated rings. The lowest BCUT2D eigenvalue weighted by molar-refractivity contribution is -0.121. The van der Waals surface area contributed by atoms with Gasteiger partial charge in [-0.2, -0.15) is 5.10 Å². The van der Waals surface area contributed by atoms with E-state index in [0.29, 0.717) is 36.7 Å². The van der Waals surface area contributed by atoms with Crippen molar-refractivity contribution in [3.63, 3.8) is 0 Å². The molecule has 1 aromatic heterocycles. The van der Waals surface area contributed by atoms with Crippen molar-refractivity contribution in [1.29, 1.82) is 0 Å². The molecule has 1 aliphatic rings. The third kappa shape index (κ3) is 4.55. The number of benzene rings is 2. The summed E-state index contributed by atoms with van der Waals surface area (Å²) in [5.74, 6) is 0.411. The number of hydrogen-bond acceptors (Lipinski definition) is 5. The van der Waals surface area contributed by atoms with E-state index in [0.717, 1.165) is 11.3 Å². The van der Waals surface area contributed by atoms with E-state index >= 15 is 0 Å². The number of ether oxygens (including phenoxy) is 2. The van der Waals surface area contributed by atoms with Gasteiger partial charge in [0.05, 0.1) is 11.9 Å². The van der Waals surface area contributed by atoms with E-state index in [2.05, 4.69) is 16.0 Å². The summed E-state index contributed by atoms with van der Waals surface area (Å²) in [6, 6.07) is 14.6. The van der Waals surface area contributed by atoms with Gasteiger partial charge in [-0.25, -0.2) is 4.68 Å². The molecule has 0 aliphatic carbocycles. The molecule has 29 heavy (non-hydrogen) atoms. The van der Waals surface area contributed by atoms with E-state index in [-0.39, 0.29) is 12.3 Å². The predicted octanol–water partition coefficient (Wildman–Crippen LogP) is 2.04. The van der Waals surface area contributed by atoms with Gasteiger partial charge in [0, 0.05) is 18.2 Å². The molecule has 0 spiro atoms. The maximum Gasteiger partial charge on any atom is 0.269 e. The van der Waals surface area contributed by atoms with Gasteiger partial charge in [-0.15, -0.1) is 0 Å². The third-order valence-electron chi connectivity index (χ3n) is 4.42. The Hall–Kier alpha value is -3.81. The van der Waals surface area contributed by atoms with Crippen molar-refractivity contribution < 1.29 is 19.1 Å². The molecular weight excluding hydrogens is 372 g/mol. The zero-order chi connectivity index (χ0) is 20.1. The van der Waals surface area contributed by atoms with Crippen LogP contribution in [0.5, 0.6) is 11.5 Å². The summed E-state index contributed by atoms with van der Waals surface area (Å²) in [7, 11) is 0. The van der Waals surface area contributed by atoms with E-state index in [1.807, 2.05) is 36.5 Å². The van der Waals surface area contributed by atoms with Gasteiger partial charge in [0.25, 0.3) is 5.91 Å². The van der Waals surface area contributed by atoms with Crippen LogP contribution in [0.3, 0.4) is 0 Å². The molecule has 0 unspecified atom stereocenters. The number of nitrogens with zero attached hydrogens (tertiary/aromatic N) is 2. The van der Waals surface area contributed by atoms with Gasteiger partial charge < -0.3 is 9.47 Å². The van der Waals surface area contributed by atoms with E-state index in [1.165, 1.54) is 0 Å². The van der Waals surface area contributed by atoms with Crippen LogP contribution in [0.2, 0.25) is 0 Å². The number of amides is 2. The molecule has 2 N–H and O–H groups in total. The summed E-state index contributed by atoms with van der Waals surface area (Å²) in [6.45, 7) is 0.925. The van der Waals surface area contributed by atoms with Gasteiger partial charge >= 0.3 is 0 Å². The van der Waals surface area contributed by atoms with Gasteiger partial charge in [-0.3, -0.25) is 20.4 Å². The SMILES string of the molecule is O=C(CCc1cnn(-c2ccccc2)c1)NNC(=O)c1ccc2c(c1)OCCO2. The van der Waals surface area contributed by atoms with Gasteiger partial charge in [-0.05, 0) is 42.3 Å². The average Bonchev–Trinajstić information content (AvgIpc) is 3.25. The number of nitrogens with one attached hydrogen (secondary N) is 2. The summed E-state index contributed by atoms with van der Waals surface area (Å²) in [4.78, 5) is 24.3. The van der Waals surface area contributed by atoms with E-state index in [9.17, 15) is 9.59 Å². The predicted molar refractivity (Wildman–Crippen MR) is 105 cm³/mol. The van der Waals surface area contributed by atoms with E-state index in [1.54, 1.807) is 29.1 Å². The smallest absolute Gasteiger partial charge is 0.269 e. The first-order chi connectivity index (χ1) is 14.2. The Morgan fingerprint density at radius 3 is 2.62 bits per heavy atom. The Morgan fingerprint density at radius 2 is 1.79 bits per heavy atom. The molecule has 0 saturated carbocycles. The van der Waals surface area contributed by atoms with Gasteiger partial charge in [0.2, 0.25) is 5.91 Å². The summed E-state index contributed by atoms with van der Waals surface area (Å²) in [5, 5.41) is 4.31. The maximum atomic E-state index is 12.2. The van der Waals surface area contributed by atoms with Crippen LogP contribution in [-0.2, 0) is 11.2 Å². The normalized spacial score (nSPS) is 12.3. The minimum atomic E-state index is -0.424. The summed E-state index contributed by atoms with van der Waals surface area (Å²) >= 11 is 0. The molecule has 0 radical (unpaired) electrons. The monoisotopic (exact) mass is 392 g/mol. The van der Waals surface area contributed by atoms with Crippen LogP contribution in [0, 0.1) is 0 Å². The van der Waals surface area contributed by atoms with Gasteiger partial charge in [-0.1, -0.05) is 18.2 Å². The molecule has 148 valence electrons. The molecule has 2 aromatic carbocycles. The molecule has 8 heteroatoms. The second kappa shape index (κ2) is 8.47. The highest BCUT2D eigenvalue weighted by Gasteiger charge is 2.15. The van der Waals surface area contributed by atoms with Crippen molar-refractivity contribution in [2.24, 2.45) is 0 Å². The molecular formula is C21H20N4O4. The Labute approximate surface area is 167 Å². The van der Waals surface area contributed by atoms with Crippen molar-refractivity contribution in [2.45, 2.75) is 12.8 Å². The molecule has 8 nitrogen and oxygen atoms in total. The molecule has 0 atom stereocenters. The van der Waals surface area contributed by atoms with E-state index in [4.69, 9.17) is 9.47 Å². The van der Waals surface area contributed by atoms with Crippen LogP contribution in [0.25, 0.3) is 5.69 Å². The Kier molecular flexibility index (Phi) is 5.42. The molecule has 2 amide bonds.